The van der Waals surface area contributed by atoms with Crippen molar-refractivity contribution in [2.24, 2.45) is 11.8 Å². The Morgan fingerprint density at radius 2 is 1.65 bits per heavy atom. The molecular weight excluding hydrogens is 337 g/mol. The first-order valence-electron chi connectivity index (χ1n) is 7.46. The van der Waals surface area contributed by atoms with E-state index in [1.165, 1.54) is 12.1 Å². The minimum atomic E-state index is -0.642. The van der Waals surface area contributed by atoms with Crippen LogP contribution in [0.3, 0.4) is 0 Å². The number of rotatable bonds is 6. The molecule has 5 nitrogen and oxygen atoms in total. The van der Waals surface area contributed by atoms with Gasteiger partial charge in [-0.3, -0.25) is 9.59 Å². The number of carbonyl (C=O) groups is 2. The number of nitrogen functional groups attached to an aromatic ring is 1. The third-order valence-electron chi connectivity index (χ3n) is 3.21. The molecule has 0 fully saturated rings. The Morgan fingerprint density at radius 3 is 2.09 bits per heavy atom. The van der Waals surface area contributed by atoms with Crippen molar-refractivity contribution in [1.29, 1.82) is 0 Å². The zero-order valence-corrected chi connectivity index (χ0v) is 15.3. The van der Waals surface area contributed by atoms with Gasteiger partial charge in [0.15, 0.2) is 0 Å². The van der Waals surface area contributed by atoms with E-state index in [0.717, 1.165) is 0 Å². The molecule has 23 heavy (non-hydrogen) atoms. The Hall–Kier alpha value is -1.46. The normalized spacial score (nSPS) is 12.3. The standard InChI is InChI=1S/C16H23Cl2N3O2/c1-8(2)5-13(22)21-15(9(3)4)16(23)20-10-6-11(17)14(19)12(18)7-10/h6-9,15H,5,19H2,1-4H3,(H,20,23)(H,21,22). The van der Waals surface area contributed by atoms with E-state index in [2.05, 4.69) is 10.6 Å². The summed E-state index contributed by atoms with van der Waals surface area (Å²) in [6, 6.07) is 2.40. The van der Waals surface area contributed by atoms with E-state index in [1.54, 1.807) is 0 Å². The van der Waals surface area contributed by atoms with Crippen molar-refractivity contribution in [3.63, 3.8) is 0 Å². The molecule has 0 heterocycles. The van der Waals surface area contributed by atoms with E-state index in [-0.39, 0.29) is 39.4 Å². The van der Waals surface area contributed by atoms with E-state index in [0.29, 0.717) is 12.1 Å². The summed E-state index contributed by atoms with van der Waals surface area (Å²) in [5.41, 5.74) is 6.36. The number of hydrogen-bond donors (Lipinski definition) is 3. The van der Waals surface area contributed by atoms with Crippen LogP contribution in [0.15, 0.2) is 12.1 Å². The van der Waals surface area contributed by atoms with Crippen LogP contribution < -0.4 is 16.4 Å². The summed E-state index contributed by atoms with van der Waals surface area (Å²) in [6.07, 6.45) is 0.371. The molecule has 0 aliphatic heterocycles. The number of anilines is 2. The van der Waals surface area contributed by atoms with Crippen LogP contribution in [0.5, 0.6) is 0 Å². The van der Waals surface area contributed by atoms with Crippen LogP contribution >= 0.6 is 23.2 Å². The molecule has 0 aromatic heterocycles. The maximum Gasteiger partial charge on any atom is 0.247 e. The van der Waals surface area contributed by atoms with Gasteiger partial charge in [0.05, 0.1) is 15.7 Å². The molecule has 4 N–H and O–H groups in total. The lowest BCUT2D eigenvalue weighted by atomic mass is 10.0. The van der Waals surface area contributed by atoms with Crippen molar-refractivity contribution in [2.75, 3.05) is 11.1 Å². The fourth-order valence-corrected chi connectivity index (χ4v) is 2.50. The quantitative estimate of drug-likeness (QED) is 0.677. The molecule has 0 radical (unpaired) electrons. The van der Waals surface area contributed by atoms with Crippen LogP contribution in [-0.2, 0) is 9.59 Å². The molecule has 1 atom stereocenters. The number of halogens is 2. The highest BCUT2D eigenvalue weighted by Gasteiger charge is 2.24. The first-order chi connectivity index (χ1) is 10.6. The average Bonchev–Trinajstić information content (AvgIpc) is 2.40. The van der Waals surface area contributed by atoms with E-state index in [9.17, 15) is 9.59 Å². The summed E-state index contributed by atoms with van der Waals surface area (Å²) in [4.78, 5) is 24.4. The number of benzene rings is 1. The Labute approximate surface area is 146 Å². The molecule has 128 valence electrons. The highest BCUT2D eigenvalue weighted by molar-refractivity contribution is 6.39. The van der Waals surface area contributed by atoms with Gasteiger partial charge in [0.25, 0.3) is 0 Å². The Kier molecular flexibility index (Phi) is 7.16. The maximum atomic E-state index is 12.4. The second-order valence-corrected chi connectivity index (χ2v) is 7.04. The van der Waals surface area contributed by atoms with Crippen molar-refractivity contribution >= 4 is 46.4 Å². The van der Waals surface area contributed by atoms with E-state index >= 15 is 0 Å². The first-order valence-corrected chi connectivity index (χ1v) is 8.22. The third kappa shape index (κ3) is 5.92. The van der Waals surface area contributed by atoms with Crippen molar-refractivity contribution in [3.8, 4) is 0 Å². The van der Waals surface area contributed by atoms with Gasteiger partial charge in [0.2, 0.25) is 11.8 Å². The van der Waals surface area contributed by atoms with E-state index < -0.39 is 6.04 Å². The molecule has 1 unspecified atom stereocenters. The summed E-state index contributed by atoms with van der Waals surface area (Å²) >= 11 is 11.9. The molecule has 0 bridgehead atoms. The molecule has 2 amide bonds. The minimum absolute atomic E-state index is 0.0640. The van der Waals surface area contributed by atoms with Crippen molar-refractivity contribution in [1.82, 2.24) is 5.32 Å². The second-order valence-electron chi connectivity index (χ2n) is 6.23. The van der Waals surface area contributed by atoms with Crippen molar-refractivity contribution < 1.29 is 9.59 Å². The average molecular weight is 360 g/mol. The van der Waals surface area contributed by atoms with Crippen LogP contribution in [0.25, 0.3) is 0 Å². The van der Waals surface area contributed by atoms with Gasteiger partial charge in [-0.1, -0.05) is 50.9 Å². The lowest BCUT2D eigenvalue weighted by Crippen LogP contribution is -2.47. The molecule has 0 aliphatic carbocycles. The molecule has 0 aliphatic rings. The van der Waals surface area contributed by atoms with Gasteiger partial charge in [-0.25, -0.2) is 0 Å². The van der Waals surface area contributed by atoms with Crippen LogP contribution in [-0.4, -0.2) is 17.9 Å². The largest absolute Gasteiger partial charge is 0.396 e. The van der Waals surface area contributed by atoms with Gasteiger partial charge in [-0.05, 0) is 24.0 Å². The summed E-state index contributed by atoms with van der Waals surface area (Å²) in [6.45, 7) is 7.62. The molecule has 1 rings (SSSR count). The minimum Gasteiger partial charge on any atom is -0.396 e. The van der Waals surface area contributed by atoms with Gasteiger partial charge < -0.3 is 16.4 Å². The summed E-state index contributed by atoms with van der Waals surface area (Å²) < 4.78 is 0. The monoisotopic (exact) mass is 359 g/mol. The highest BCUT2D eigenvalue weighted by Crippen LogP contribution is 2.31. The number of hydrogen-bond acceptors (Lipinski definition) is 3. The zero-order chi connectivity index (χ0) is 17.7. The highest BCUT2D eigenvalue weighted by atomic mass is 35.5. The fourth-order valence-electron chi connectivity index (χ4n) is 2.01. The lowest BCUT2D eigenvalue weighted by Gasteiger charge is -2.22. The van der Waals surface area contributed by atoms with Gasteiger partial charge in [-0.15, -0.1) is 0 Å². The Bertz CT molecular complexity index is 566. The van der Waals surface area contributed by atoms with Crippen LogP contribution in [0.1, 0.15) is 34.1 Å². The summed E-state index contributed by atoms with van der Waals surface area (Å²) in [7, 11) is 0. The zero-order valence-electron chi connectivity index (χ0n) is 13.7. The molecule has 1 aromatic carbocycles. The Balaban J connectivity index is 2.85. The predicted molar refractivity (Wildman–Crippen MR) is 95.7 cm³/mol. The van der Waals surface area contributed by atoms with E-state index in [1.807, 2.05) is 27.7 Å². The summed E-state index contributed by atoms with van der Waals surface area (Å²) in [5, 5.41) is 6.00. The third-order valence-corrected chi connectivity index (χ3v) is 3.83. The number of carbonyl (C=O) groups excluding carboxylic acids is 2. The van der Waals surface area contributed by atoms with Gasteiger partial charge in [-0.2, -0.15) is 0 Å². The van der Waals surface area contributed by atoms with Crippen molar-refractivity contribution in [3.05, 3.63) is 22.2 Å². The fraction of sp³-hybridized carbons (Fsp3) is 0.500. The molecule has 0 saturated carbocycles. The van der Waals surface area contributed by atoms with Crippen LogP contribution in [0, 0.1) is 11.8 Å². The smallest absolute Gasteiger partial charge is 0.247 e. The Morgan fingerprint density at radius 1 is 1.13 bits per heavy atom. The van der Waals surface area contributed by atoms with Crippen LogP contribution in [0.4, 0.5) is 11.4 Å². The summed E-state index contributed by atoms with van der Waals surface area (Å²) in [5.74, 6) is -0.317. The number of amides is 2. The molecule has 0 saturated heterocycles. The van der Waals surface area contributed by atoms with Crippen molar-refractivity contribution in [2.45, 2.75) is 40.2 Å². The number of nitrogens with two attached hydrogens (primary N) is 1. The number of nitrogens with one attached hydrogen (secondary N) is 2. The predicted octanol–water partition coefficient (Wildman–Crippen LogP) is 3.70. The second kappa shape index (κ2) is 8.41. The molecular formula is C16H23Cl2N3O2. The maximum absolute atomic E-state index is 12.4. The molecule has 0 spiro atoms. The van der Waals surface area contributed by atoms with Crippen LogP contribution in [0.2, 0.25) is 10.0 Å². The topological polar surface area (TPSA) is 84.2 Å². The van der Waals surface area contributed by atoms with E-state index in [4.69, 9.17) is 28.9 Å². The van der Waals surface area contributed by atoms with Gasteiger partial charge in [0, 0.05) is 12.1 Å². The molecule has 1 aromatic rings. The lowest BCUT2D eigenvalue weighted by molar-refractivity contribution is -0.127. The van der Waals surface area contributed by atoms with Gasteiger partial charge >= 0.3 is 0 Å². The SMILES string of the molecule is CC(C)CC(=O)NC(C(=O)Nc1cc(Cl)c(N)c(Cl)c1)C(C)C. The first kappa shape index (κ1) is 19.6. The molecule has 7 heteroatoms. The van der Waals surface area contributed by atoms with Gasteiger partial charge in [0.1, 0.15) is 6.04 Å².